The quantitative estimate of drug-likeness (QED) is 0.582. The fourth-order valence-electron chi connectivity index (χ4n) is 3.86. The summed E-state index contributed by atoms with van der Waals surface area (Å²) < 4.78 is 102. The largest absolute Gasteiger partial charge is 0.540 e. The normalized spacial score (nSPS) is 21.2. The lowest BCUT2D eigenvalue weighted by atomic mass is 10.1. The molecule has 2 aliphatic heterocycles. The lowest BCUT2D eigenvalue weighted by molar-refractivity contribution is -0.461. The Morgan fingerprint density at radius 3 is 2.57 bits per heavy atom. The van der Waals surface area contributed by atoms with Gasteiger partial charge in [-0.15, -0.1) is 8.78 Å². The highest BCUT2D eigenvalue weighted by Gasteiger charge is 2.54. The van der Waals surface area contributed by atoms with E-state index in [2.05, 4.69) is 19.8 Å². The zero-order valence-corrected chi connectivity index (χ0v) is 17.9. The maximum absolute atomic E-state index is 14.0. The van der Waals surface area contributed by atoms with Gasteiger partial charge in [0.1, 0.15) is 17.1 Å². The number of anilines is 3. The van der Waals surface area contributed by atoms with Crippen LogP contribution in [0.15, 0.2) is 30.5 Å². The molecule has 3 N–H and O–H groups in total. The molecule has 1 fully saturated rings. The summed E-state index contributed by atoms with van der Waals surface area (Å²) in [5.41, 5.74) is 3.13. The van der Waals surface area contributed by atoms with Gasteiger partial charge < -0.3 is 25.6 Å². The third-order valence-corrected chi connectivity index (χ3v) is 5.40. The van der Waals surface area contributed by atoms with Crippen LogP contribution in [0.3, 0.4) is 0 Å². The maximum Gasteiger partial charge on any atom is 0.540 e. The van der Waals surface area contributed by atoms with Crippen LogP contribution >= 0.6 is 0 Å². The number of halogens is 7. The second-order valence-corrected chi connectivity index (χ2v) is 7.95. The zero-order chi connectivity index (χ0) is 25.8. The number of piperazine rings is 1. The zero-order valence-electron chi connectivity index (χ0n) is 17.9. The highest BCUT2D eigenvalue weighted by Crippen LogP contribution is 2.47. The third kappa shape index (κ3) is 4.99. The monoisotopic (exact) mass is 509 g/mol. The van der Waals surface area contributed by atoms with E-state index in [1.54, 1.807) is 6.92 Å². The number of rotatable bonds is 2. The van der Waals surface area contributed by atoms with Gasteiger partial charge in [0.25, 0.3) is 0 Å². The molecular weight excluding hydrogens is 491 g/mol. The Labute approximate surface area is 193 Å². The van der Waals surface area contributed by atoms with Crippen molar-refractivity contribution in [1.29, 1.82) is 0 Å². The average molecular weight is 509 g/mol. The van der Waals surface area contributed by atoms with Gasteiger partial charge in [-0.3, -0.25) is 0 Å². The summed E-state index contributed by atoms with van der Waals surface area (Å²) in [6.07, 6.45) is -12.5. The Bertz CT molecular complexity index is 1140. The van der Waals surface area contributed by atoms with Crippen LogP contribution < -0.4 is 20.7 Å². The van der Waals surface area contributed by atoms with Gasteiger partial charge in [0.2, 0.25) is 0 Å². The van der Waals surface area contributed by atoms with E-state index in [0.717, 1.165) is 30.5 Å². The van der Waals surface area contributed by atoms with Crippen LogP contribution in [0, 0.1) is 0 Å². The minimum absolute atomic E-state index is 0.00319. The predicted octanol–water partition coefficient (Wildman–Crippen LogP) is 4.43. The van der Waals surface area contributed by atoms with Crippen LogP contribution in [-0.2, 0) is 17.0 Å². The van der Waals surface area contributed by atoms with Gasteiger partial charge in [-0.1, -0.05) is 0 Å². The average Bonchev–Trinajstić information content (AvgIpc) is 2.72. The van der Waals surface area contributed by atoms with E-state index in [1.165, 1.54) is 9.80 Å². The summed E-state index contributed by atoms with van der Waals surface area (Å²) in [6, 6.07) is 2.10. The Balaban J connectivity index is 1.47. The Morgan fingerprint density at radius 1 is 1.20 bits per heavy atom. The minimum atomic E-state index is -4.69. The van der Waals surface area contributed by atoms with Crippen molar-refractivity contribution in [2.45, 2.75) is 31.5 Å². The number of urea groups is 1. The van der Waals surface area contributed by atoms with Gasteiger partial charge in [-0.05, 0) is 31.2 Å². The second kappa shape index (κ2) is 8.32. The molecule has 35 heavy (non-hydrogen) atoms. The van der Waals surface area contributed by atoms with Crippen molar-refractivity contribution in [3.8, 4) is 5.75 Å². The van der Waals surface area contributed by atoms with Gasteiger partial charge in [-0.2, -0.15) is 22.0 Å². The molecule has 8 nitrogen and oxygen atoms in total. The lowest BCUT2D eigenvalue weighted by Crippen LogP contribution is -2.55. The summed E-state index contributed by atoms with van der Waals surface area (Å²) in [5, 5.41) is 2.37. The van der Waals surface area contributed by atoms with E-state index >= 15 is 0 Å². The Kier molecular flexibility index (Phi) is 5.85. The molecule has 15 heteroatoms. The number of ether oxygens (including phenoxy) is 2. The number of benzene rings is 1. The van der Waals surface area contributed by atoms with Gasteiger partial charge in [0.15, 0.2) is 0 Å². The van der Waals surface area contributed by atoms with Crippen molar-refractivity contribution in [3.63, 3.8) is 0 Å². The van der Waals surface area contributed by atoms with E-state index in [0.29, 0.717) is 0 Å². The molecular formula is C20H18F7N5O3. The van der Waals surface area contributed by atoms with Crippen molar-refractivity contribution in [1.82, 2.24) is 9.88 Å². The number of carbonyl (C=O) groups is 1. The Morgan fingerprint density at radius 2 is 1.91 bits per heavy atom. The number of nitrogens with zero attached hydrogens (tertiary/aromatic N) is 3. The van der Waals surface area contributed by atoms with Crippen LogP contribution in [0.1, 0.15) is 18.1 Å². The molecule has 1 saturated heterocycles. The van der Waals surface area contributed by atoms with Gasteiger partial charge >= 0.3 is 24.6 Å². The summed E-state index contributed by atoms with van der Waals surface area (Å²) in [7, 11) is 0. The number of nitrogens with one attached hydrogen (secondary N) is 1. The van der Waals surface area contributed by atoms with E-state index in [9.17, 15) is 35.5 Å². The summed E-state index contributed by atoms with van der Waals surface area (Å²) in [6.45, 7) is 1.56. The fraction of sp³-hybridized carbons (Fsp3) is 0.400. The van der Waals surface area contributed by atoms with E-state index in [-0.39, 0.29) is 36.8 Å². The van der Waals surface area contributed by atoms with Crippen LogP contribution in [-0.4, -0.2) is 47.9 Å². The molecule has 2 aromatic rings. The number of alkyl halides is 7. The maximum atomic E-state index is 14.0. The highest BCUT2D eigenvalue weighted by molar-refractivity contribution is 5.90. The molecule has 0 bridgehead atoms. The number of fused-ring (bicyclic) bond motifs is 1. The number of hydrogen-bond donors (Lipinski definition) is 2. The highest BCUT2D eigenvalue weighted by atomic mass is 19.4. The number of carbonyl (C=O) groups excluding carboxylic acids is 1. The van der Waals surface area contributed by atoms with E-state index in [4.69, 9.17) is 5.73 Å². The first-order chi connectivity index (χ1) is 16.2. The molecule has 3 heterocycles. The minimum Gasteiger partial charge on any atom is -0.409 e. The van der Waals surface area contributed by atoms with Gasteiger partial charge in [-0.25, -0.2) is 14.5 Å². The van der Waals surface area contributed by atoms with Crippen molar-refractivity contribution >= 4 is 23.2 Å². The van der Waals surface area contributed by atoms with Crippen LogP contribution in [0.2, 0.25) is 0 Å². The SMILES string of the molecule is C[C@@H]1CN(c2ncc(N)cc2C(F)(F)F)CCN1C(=O)Nc1ccc2c(c1)C(F)(F)OC(F)(F)O2. The van der Waals surface area contributed by atoms with Gasteiger partial charge in [0, 0.05) is 31.4 Å². The van der Waals surface area contributed by atoms with Gasteiger partial charge in [0.05, 0.1) is 17.4 Å². The number of nitrogen functional groups attached to an aromatic ring is 1. The topological polar surface area (TPSA) is 93.0 Å². The summed E-state index contributed by atoms with van der Waals surface area (Å²) >= 11 is 0. The van der Waals surface area contributed by atoms with E-state index in [1.807, 2.05) is 0 Å². The first kappa shape index (κ1) is 24.6. The first-order valence-corrected chi connectivity index (χ1v) is 10.1. The Hall–Kier alpha value is -3.49. The molecule has 2 amide bonds. The van der Waals surface area contributed by atoms with Crippen LogP contribution in [0.25, 0.3) is 0 Å². The molecule has 2 aliphatic rings. The van der Waals surface area contributed by atoms with Crippen molar-refractivity contribution < 1.29 is 45.0 Å². The molecule has 1 aromatic heterocycles. The molecule has 0 saturated carbocycles. The molecule has 1 aromatic carbocycles. The summed E-state index contributed by atoms with van der Waals surface area (Å²) in [5.74, 6) is -1.14. The van der Waals surface area contributed by atoms with Crippen LogP contribution in [0.5, 0.6) is 5.75 Å². The standard InChI is InChI=1S/C20H18F7N5O3/c1-10-9-31(16-14(18(21,22)23)6-11(28)8-29-16)4-5-32(10)17(33)30-12-2-3-15-13(7-12)19(24,25)35-20(26,27)34-15/h2-3,6-8,10H,4-5,9,28H2,1H3,(H,30,33)/t10-/m1/s1. The predicted molar refractivity (Wildman–Crippen MR) is 108 cm³/mol. The van der Waals surface area contributed by atoms with Crippen molar-refractivity contribution in [2.24, 2.45) is 0 Å². The molecule has 0 spiro atoms. The lowest BCUT2D eigenvalue weighted by Gasteiger charge is -2.41. The molecule has 1 atom stereocenters. The first-order valence-electron chi connectivity index (χ1n) is 10.1. The number of nitrogens with two attached hydrogens (primary N) is 1. The third-order valence-electron chi connectivity index (χ3n) is 5.40. The number of aromatic nitrogens is 1. The molecule has 4 rings (SSSR count). The smallest absolute Gasteiger partial charge is 0.409 e. The van der Waals surface area contributed by atoms with Crippen LogP contribution in [0.4, 0.5) is 52.7 Å². The molecule has 0 unspecified atom stereocenters. The van der Waals surface area contributed by atoms with Crippen molar-refractivity contribution in [2.75, 3.05) is 35.6 Å². The number of pyridine rings is 1. The fourth-order valence-corrected chi connectivity index (χ4v) is 3.86. The second-order valence-electron chi connectivity index (χ2n) is 7.95. The molecule has 0 radical (unpaired) electrons. The number of hydrogen-bond acceptors (Lipinski definition) is 6. The molecule has 190 valence electrons. The number of amides is 2. The van der Waals surface area contributed by atoms with Crippen molar-refractivity contribution in [3.05, 3.63) is 41.6 Å². The summed E-state index contributed by atoms with van der Waals surface area (Å²) in [4.78, 5) is 19.2. The van der Waals surface area contributed by atoms with E-state index < -0.39 is 47.5 Å². The molecule has 0 aliphatic carbocycles.